The molecular formula is C28H31FN2O. The second-order valence-corrected chi connectivity index (χ2v) is 10.5. The molecular weight excluding hydrogens is 399 g/mol. The third kappa shape index (κ3) is 3.79. The summed E-state index contributed by atoms with van der Waals surface area (Å²) in [7, 11) is 0. The largest absolute Gasteiger partial charge is 0.361 e. The lowest BCUT2D eigenvalue weighted by Gasteiger charge is -2.46. The summed E-state index contributed by atoms with van der Waals surface area (Å²) in [6.07, 6.45) is 10.7. The van der Waals surface area contributed by atoms with E-state index in [-0.39, 0.29) is 11.4 Å². The van der Waals surface area contributed by atoms with Gasteiger partial charge in [0.1, 0.15) is 11.6 Å². The molecule has 3 nitrogen and oxygen atoms in total. The number of hydrogen-bond acceptors (Lipinski definition) is 2. The Hall–Kier alpha value is -2.46. The van der Waals surface area contributed by atoms with Crippen molar-refractivity contribution in [3.8, 4) is 11.1 Å². The van der Waals surface area contributed by atoms with Crippen LogP contribution in [0.2, 0.25) is 0 Å². The Morgan fingerprint density at radius 3 is 2.53 bits per heavy atom. The van der Waals surface area contributed by atoms with Crippen molar-refractivity contribution in [3.63, 3.8) is 0 Å². The second-order valence-electron chi connectivity index (χ2n) is 10.5. The Balaban J connectivity index is 1.11. The van der Waals surface area contributed by atoms with Gasteiger partial charge in [-0.25, -0.2) is 4.39 Å². The lowest BCUT2D eigenvalue weighted by atomic mass is 9.68. The van der Waals surface area contributed by atoms with Crippen molar-refractivity contribution in [2.75, 3.05) is 6.54 Å². The number of piperidine rings is 1. The standard InChI is InChI=1S/C28H31FN2O/c29-25-14-21(22-4-3-20-9-12-30-26(20)15-22)5-6-23(25)13-18-7-10-28(11-8-18)16-24(19-1-2-19)27(32)17-31-28/h3-6,9,12,14-15,18-19,24,30-31H,1-2,7-8,10-11,13,16-17H2. The molecule has 1 atom stereocenters. The first-order valence-corrected chi connectivity index (χ1v) is 12.2. The first kappa shape index (κ1) is 20.2. The van der Waals surface area contributed by atoms with Gasteiger partial charge in [-0.2, -0.15) is 0 Å². The normalized spacial score (nSPS) is 28.5. The molecule has 2 N–H and O–H groups in total. The molecule has 2 heterocycles. The number of carbonyl (C=O) groups is 1. The zero-order chi connectivity index (χ0) is 21.7. The third-order valence-corrected chi connectivity index (χ3v) is 8.37. The number of carbonyl (C=O) groups excluding carboxylic acids is 1. The van der Waals surface area contributed by atoms with Crippen molar-refractivity contribution >= 4 is 16.7 Å². The van der Waals surface area contributed by atoms with Crippen molar-refractivity contribution in [3.05, 3.63) is 60.0 Å². The van der Waals surface area contributed by atoms with E-state index in [0.29, 0.717) is 30.1 Å². The molecule has 4 heteroatoms. The maximum absolute atomic E-state index is 15.0. The summed E-state index contributed by atoms with van der Waals surface area (Å²) in [6.45, 7) is 0.552. The first-order chi connectivity index (χ1) is 15.6. The summed E-state index contributed by atoms with van der Waals surface area (Å²) >= 11 is 0. The van der Waals surface area contributed by atoms with Crippen LogP contribution < -0.4 is 5.32 Å². The van der Waals surface area contributed by atoms with Gasteiger partial charge in [0.15, 0.2) is 0 Å². The molecule has 1 unspecified atom stereocenters. The first-order valence-electron chi connectivity index (χ1n) is 12.2. The molecule has 3 fully saturated rings. The number of nitrogens with one attached hydrogen (secondary N) is 2. The van der Waals surface area contributed by atoms with Gasteiger partial charge in [-0.3, -0.25) is 4.79 Å². The van der Waals surface area contributed by atoms with Gasteiger partial charge in [-0.15, -0.1) is 0 Å². The molecule has 2 aromatic carbocycles. The molecule has 0 amide bonds. The maximum Gasteiger partial charge on any atom is 0.150 e. The fraction of sp³-hybridized carbons (Fsp3) is 0.464. The number of aromatic nitrogens is 1. The molecule has 0 bridgehead atoms. The molecule has 2 aliphatic carbocycles. The summed E-state index contributed by atoms with van der Waals surface area (Å²) in [4.78, 5) is 15.6. The van der Waals surface area contributed by atoms with Gasteiger partial charge < -0.3 is 10.3 Å². The minimum Gasteiger partial charge on any atom is -0.361 e. The Bertz CT molecular complexity index is 1150. The van der Waals surface area contributed by atoms with E-state index in [9.17, 15) is 4.79 Å². The zero-order valence-electron chi connectivity index (χ0n) is 18.5. The van der Waals surface area contributed by atoms with E-state index in [4.69, 9.17) is 0 Å². The van der Waals surface area contributed by atoms with Crippen LogP contribution in [0.1, 0.15) is 50.5 Å². The number of rotatable bonds is 4. The van der Waals surface area contributed by atoms with Crippen molar-refractivity contribution in [1.82, 2.24) is 10.3 Å². The number of halogens is 1. The molecule has 0 radical (unpaired) electrons. The predicted molar refractivity (Wildman–Crippen MR) is 126 cm³/mol. The third-order valence-electron chi connectivity index (χ3n) is 8.37. The molecule has 3 aromatic rings. The second kappa shape index (κ2) is 7.84. The fourth-order valence-electron chi connectivity index (χ4n) is 6.19. The van der Waals surface area contributed by atoms with Gasteiger partial charge in [-0.1, -0.05) is 24.3 Å². The topological polar surface area (TPSA) is 44.9 Å². The zero-order valence-corrected chi connectivity index (χ0v) is 18.5. The van der Waals surface area contributed by atoms with Crippen LogP contribution in [0.25, 0.3) is 22.0 Å². The molecule has 1 aromatic heterocycles. The van der Waals surface area contributed by atoms with Crippen LogP contribution in [0.15, 0.2) is 48.7 Å². The van der Waals surface area contributed by atoms with Gasteiger partial charge >= 0.3 is 0 Å². The van der Waals surface area contributed by atoms with Crippen molar-refractivity contribution in [1.29, 1.82) is 0 Å². The van der Waals surface area contributed by atoms with Gasteiger partial charge in [0.05, 0.1) is 6.54 Å². The van der Waals surface area contributed by atoms with E-state index < -0.39 is 0 Å². The van der Waals surface area contributed by atoms with E-state index in [1.54, 1.807) is 6.07 Å². The predicted octanol–water partition coefficient (Wildman–Crippen LogP) is 6.03. The van der Waals surface area contributed by atoms with Crippen LogP contribution in [0.5, 0.6) is 0 Å². The van der Waals surface area contributed by atoms with Gasteiger partial charge in [0, 0.05) is 23.2 Å². The van der Waals surface area contributed by atoms with Crippen LogP contribution in [0.4, 0.5) is 4.39 Å². The van der Waals surface area contributed by atoms with Gasteiger partial charge in [0.25, 0.3) is 0 Å². The highest BCUT2D eigenvalue weighted by atomic mass is 19.1. The van der Waals surface area contributed by atoms with E-state index in [2.05, 4.69) is 34.6 Å². The van der Waals surface area contributed by atoms with Crippen LogP contribution in [0, 0.1) is 23.6 Å². The summed E-state index contributed by atoms with van der Waals surface area (Å²) in [5.41, 5.74) is 4.01. The Morgan fingerprint density at radius 1 is 0.969 bits per heavy atom. The Morgan fingerprint density at radius 2 is 1.75 bits per heavy atom. The highest BCUT2D eigenvalue weighted by Gasteiger charge is 2.47. The SMILES string of the molecule is O=C1CNC2(CCC(Cc3ccc(-c4ccc5cc[nH]c5c4)cc3F)CC2)CC1C1CC1. The van der Waals surface area contributed by atoms with Gasteiger partial charge in [0.2, 0.25) is 0 Å². The number of ketones is 1. The number of fused-ring (bicyclic) bond motifs is 1. The maximum atomic E-state index is 15.0. The Labute approximate surface area is 188 Å². The number of aromatic amines is 1. The molecule has 1 spiro atoms. The van der Waals surface area contributed by atoms with E-state index >= 15 is 4.39 Å². The molecule has 1 aliphatic heterocycles. The number of benzene rings is 2. The minimum atomic E-state index is -0.0930. The molecule has 2 saturated carbocycles. The van der Waals surface area contributed by atoms with Crippen LogP contribution in [0.3, 0.4) is 0 Å². The minimum absolute atomic E-state index is 0.0930. The van der Waals surface area contributed by atoms with Crippen LogP contribution >= 0.6 is 0 Å². The van der Waals surface area contributed by atoms with Crippen LogP contribution in [-0.4, -0.2) is 22.9 Å². The summed E-state index contributed by atoms with van der Waals surface area (Å²) in [5, 5.41) is 4.77. The summed E-state index contributed by atoms with van der Waals surface area (Å²) in [5.74, 6) is 1.81. The quantitative estimate of drug-likeness (QED) is 0.530. The Kier molecular flexibility index (Phi) is 4.94. The number of Topliss-reactive ketones (excluding diaryl/α,β-unsaturated/α-hetero) is 1. The van der Waals surface area contributed by atoms with E-state index in [1.807, 2.05) is 18.3 Å². The average Bonchev–Trinajstić information content (AvgIpc) is 3.55. The summed E-state index contributed by atoms with van der Waals surface area (Å²) < 4.78 is 15.0. The smallest absolute Gasteiger partial charge is 0.150 e. The van der Waals surface area contributed by atoms with E-state index in [0.717, 1.165) is 60.7 Å². The lowest BCUT2D eigenvalue weighted by molar-refractivity contribution is -0.126. The van der Waals surface area contributed by atoms with E-state index in [1.165, 1.54) is 18.2 Å². The fourth-order valence-corrected chi connectivity index (χ4v) is 6.19. The molecule has 166 valence electrons. The average molecular weight is 431 g/mol. The number of H-pyrrole nitrogens is 1. The van der Waals surface area contributed by atoms with Crippen molar-refractivity contribution < 1.29 is 9.18 Å². The summed E-state index contributed by atoms with van der Waals surface area (Å²) in [6, 6.07) is 14.0. The van der Waals surface area contributed by atoms with Gasteiger partial charge in [-0.05, 0) is 103 Å². The molecule has 32 heavy (non-hydrogen) atoms. The molecule has 1 saturated heterocycles. The highest BCUT2D eigenvalue weighted by Crippen LogP contribution is 2.47. The van der Waals surface area contributed by atoms with Crippen LogP contribution in [-0.2, 0) is 11.2 Å². The highest BCUT2D eigenvalue weighted by molar-refractivity contribution is 5.85. The molecule has 6 rings (SSSR count). The monoisotopic (exact) mass is 430 g/mol. The number of hydrogen-bond donors (Lipinski definition) is 2. The molecule has 3 aliphatic rings. The van der Waals surface area contributed by atoms with Crippen molar-refractivity contribution in [2.45, 2.75) is 56.9 Å². The van der Waals surface area contributed by atoms with Crippen molar-refractivity contribution in [2.24, 2.45) is 17.8 Å². The lowest BCUT2D eigenvalue weighted by Crippen LogP contribution is -2.56.